The molecule has 0 saturated heterocycles. The number of hydrogen-bond donors (Lipinski definition) is 2. The molecule has 2 N–H and O–H groups in total. The van der Waals surface area contributed by atoms with E-state index in [2.05, 4.69) is 10.1 Å². The molecule has 0 aromatic rings. The molecule has 5 heteroatoms. The number of rotatable bonds is 7. The molecule has 0 radical (unpaired) electrons. The molecule has 0 aliphatic rings. The van der Waals surface area contributed by atoms with Crippen molar-refractivity contribution < 1.29 is 19.4 Å². The van der Waals surface area contributed by atoms with Crippen LogP contribution in [0.15, 0.2) is 0 Å². The summed E-state index contributed by atoms with van der Waals surface area (Å²) in [4.78, 5) is 11.1. The molecule has 0 amide bonds. The van der Waals surface area contributed by atoms with Gasteiger partial charge in [0.05, 0.1) is 7.11 Å². The lowest BCUT2D eigenvalue weighted by Gasteiger charge is -2.21. The normalized spacial score (nSPS) is 16.9. The number of carbonyl (C=O) groups excluding carboxylic acids is 1. The maximum absolute atomic E-state index is 11.1. The van der Waals surface area contributed by atoms with E-state index < -0.39 is 11.6 Å². The van der Waals surface area contributed by atoms with Crippen molar-refractivity contribution in [1.29, 1.82) is 0 Å². The van der Waals surface area contributed by atoms with Gasteiger partial charge in [-0.2, -0.15) is 0 Å². The van der Waals surface area contributed by atoms with Gasteiger partial charge in [0, 0.05) is 26.8 Å². The number of hydrogen-bond acceptors (Lipinski definition) is 5. The van der Waals surface area contributed by atoms with Gasteiger partial charge in [-0.25, -0.2) is 4.79 Å². The lowest BCUT2D eigenvalue weighted by molar-refractivity contribution is -0.159. The Labute approximate surface area is 90.8 Å². The molecular formula is C10H21NO4. The number of nitrogens with one attached hydrogen (secondary N) is 1. The Morgan fingerprint density at radius 3 is 2.60 bits per heavy atom. The van der Waals surface area contributed by atoms with Gasteiger partial charge in [0.1, 0.15) is 0 Å². The molecule has 0 rings (SSSR count). The summed E-state index contributed by atoms with van der Waals surface area (Å²) in [6.07, 6.45) is 0. The van der Waals surface area contributed by atoms with Crippen LogP contribution in [0.25, 0.3) is 0 Å². The summed E-state index contributed by atoms with van der Waals surface area (Å²) in [7, 11) is 2.89. The fraction of sp³-hybridized carbons (Fsp3) is 0.900. The molecule has 0 fully saturated rings. The van der Waals surface area contributed by atoms with E-state index in [0.29, 0.717) is 19.1 Å². The first-order valence-electron chi connectivity index (χ1n) is 4.94. The van der Waals surface area contributed by atoms with Crippen LogP contribution in [0.4, 0.5) is 0 Å². The van der Waals surface area contributed by atoms with Gasteiger partial charge in [-0.15, -0.1) is 0 Å². The van der Waals surface area contributed by atoms with Gasteiger partial charge in [-0.05, 0) is 12.8 Å². The van der Waals surface area contributed by atoms with Crippen molar-refractivity contribution in [3.05, 3.63) is 0 Å². The van der Waals surface area contributed by atoms with E-state index in [1.807, 2.05) is 6.92 Å². The third-order valence-electron chi connectivity index (χ3n) is 2.04. The van der Waals surface area contributed by atoms with E-state index in [1.54, 1.807) is 7.11 Å². The molecule has 0 aliphatic heterocycles. The first-order valence-corrected chi connectivity index (χ1v) is 4.94. The average molecular weight is 219 g/mol. The quantitative estimate of drug-likeness (QED) is 0.580. The highest BCUT2D eigenvalue weighted by Gasteiger charge is 2.30. The minimum atomic E-state index is -1.47. The summed E-state index contributed by atoms with van der Waals surface area (Å²) in [6, 6.07) is 0. The smallest absolute Gasteiger partial charge is 0.338 e. The Morgan fingerprint density at radius 1 is 1.53 bits per heavy atom. The average Bonchev–Trinajstić information content (AvgIpc) is 2.16. The van der Waals surface area contributed by atoms with Crippen molar-refractivity contribution in [3.8, 4) is 0 Å². The molecule has 5 nitrogen and oxygen atoms in total. The molecule has 90 valence electrons. The van der Waals surface area contributed by atoms with Crippen LogP contribution < -0.4 is 5.32 Å². The van der Waals surface area contributed by atoms with E-state index >= 15 is 0 Å². The molecule has 2 atom stereocenters. The van der Waals surface area contributed by atoms with Gasteiger partial charge in [-0.1, -0.05) is 6.92 Å². The fourth-order valence-electron chi connectivity index (χ4n) is 1.20. The van der Waals surface area contributed by atoms with E-state index in [4.69, 9.17) is 4.74 Å². The predicted molar refractivity (Wildman–Crippen MR) is 56.5 cm³/mol. The molecule has 0 aromatic carbocycles. The number of aliphatic hydroxyl groups is 1. The van der Waals surface area contributed by atoms with E-state index in [0.717, 1.165) is 0 Å². The first-order chi connectivity index (χ1) is 6.94. The third kappa shape index (κ3) is 5.71. The molecule has 0 bridgehead atoms. The van der Waals surface area contributed by atoms with Crippen LogP contribution in [0.3, 0.4) is 0 Å². The zero-order chi connectivity index (χ0) is 11.9. The van der Waals surface area contributed by atoms with E-state index in [1.165, 1.54) is 14.0 Å². The second kappa shape index (κ2) is 6.76. The van der Waals surface area contributed by atoms with Crippen LogP contribution in [0.5, 0.6) is 0 Å². The van der Waals surface area contributed by atoms with Gasteiger partial charge >= 0.3 is 5.97 Å². The van der Waals surface area contributed by atoms with Crippen molar-refractivity contribution in [3.63, 3.8) is 0 Å². The van der Waals surface area contributed by atoms with Gasteiger partial charge < -0.3 is 19.9 Å². The second-order valence-electron chi connectivity index (χ2n) is 3.96. The summed E-state index contributed by atoms with van der Waals surface area (Å²) in [5, 5.41) is 12.7. The van der Waals surface area contributed by atoms with Crippen LogP contribution >= 0.6 is 0 Å². The largest absolute Gasteiger partial charge is 0.467 e. The van der Waals surface area contributed by atoms with Crippen LogP contribution in [-0.2, 0) is 14.3 Å². The van der Waals surface area contributed by atoms with Crippen molar-refractivity contribution in [2.75, 3.05) is 33.9 Å². The van der Waals surface area contributed by atoms with Crippen molar-refractivity contribution in [1.82, 2.24) is 5.32 Å². The molecule has 15 heavy (non-hydrogen) atoms. The molecule has 0 aliphatic carbocycles. The van der Waals surface area contributed by atoms with Gasteiger partial charge in [-0.3, -0.25) is 0 Å². The lowest BCUT2D eigenvalue weighted by atomic mass is 10.1. The summed E-state index contributed by atoms with van der Waals surface area (Å²) >= 11 is 0. The highest BCUT2D eigenvalue weighted by Crippen LogP contribution is 2.04. The van der Waals surface area contributed by atoms with Crippen molar-refractivity contribution in [2.45, 2.75) is 19.4 Å². The minimum Gasteiger partial charge on any atom is -0.467 e. The molecule has 0 aromatic heterocycles. The second-order valence-corrected chi connectivity index (χ2v) is 3.96. The fourth-order valence-corrected chi connectivity index (χ4v) is 1.20. The Hall–Kier alpha value is -0.650. The first kappa shape index (κ1) is 14.3. The Kier molecular flexibility index (Phi) is 6.47. The van der Waals surface area contributed by atoms with E-state index in [-0.39, 0.29) is 6.54 Å². The highest BCUT2D eigenvalue weighted by molar-refractivity contribution is 5.78. The zero-order valence-corrected chi connectivity index (χ0v) is 9.87. The van der Waals surface area contributed by atoms with Crippen LogP contribution in [0, 0.1) is 5.92 Å². The number of methoxy groups -OCH3 is 2. The van der Waals surface area contributed by atoms with Crippen molar-refractivity contribution in [2.24, 2.45) is 5.92 Å². The predicted octanol–water partition coefficient (Wildman–Crippen LogP) is -0.217. The third-order valence-corrected chi connectivity index (χ3v) is 2.04. The maximum atomic E-state index is 11.1. The lowest BCUT2D eigenvalue weighted by Crippen LogP contribution is -2.46. The van der Waals surface area contributed by atoms with E-state index in [9.17, 15) is 9.90 Å². The monoisotopic (exact) mass is 219 g/mol. The van der Waals surface area contributed by atoms with Crippen LogP contribution in [0.1, 0.15) is 13.8 Å². The van der Waals surface area contributed by atoms with Crippen LogP contribution in [0.2, 0.25) is 0 Å². The van der Waals surface area contributed by atoms with Crippen molar-refractivity contribution >= 4 is 5.97 Å². The zero-order valence-electron chi connectivity index (χ0n) is 9.87. The Morgan fingerprint density at radius 2 is 2.13 bits per heavy atom. The molecule has 2 unspecified atom stereocenters. The van der Waals surface area contributed by atoms with Crippen LogP contribution in [-0.4, -0.2) is 50.6 Å². The standard InChI is InChI=1S/C10H21NO4/c1-8(6-14-3)5-11-7-10(2,13)9(12)15-4/h8,11,13H,5-7H2,1-4H3. The summed E-state index contributed by atoms with van der Waals surface area (Å²) in [5.74, 6) is -0.294. The minimum absolute atomic E-state index is 0.174. The number of esters is 1. The Bertz CT molecular complexity index is 194. The molecular weight excluding hydrogens is 198 g/mol. The molecule has 0 heterocycles. The van der Waals surface area contributed by atoms with Gasteiger partial charge in [0.15, 0.2) is 5.60 Å². The maximum Gasteiger partial charge on any atom is 0.338 e. The topological polar surface area (TPSA) is 67.8 Å². The summed E-state index contributed by atoms with van der Waals surface area (Å²) < 4.78 is 9.43. The number of carbonyl (C=O) groups is 1. The Balaban J connectivity index is 3.79. The number of ether oxygens (including phenoxy) is 2. The highest BCUT2D eigenvalue weighted by atomic mass is 16.5. The SMILES string of the molecule is COCC(C)CNCC(C)(O)C(=O)OC. The van der Waals surface area contributed by atoms with Gasteiger partial charge in [0.2, 0.25) is 0 Å². The summed E-state index contributed by atoms with van der Waals surface area (Å²) in [5.41, 5.74) is -1.47. The van der Waals surface area contributed by atoms with Gasteiger partial charge in [0.25, 0.3) is 0 Å². The molecule has 0 spiro atoms. The summed E-state index contributed by atoms with van der Waals surface area (Å²) in [6.45, 7) is 4.94. The molecule has 0 saturated carbocycles.